The molecule has 1 aromatic carbocycles. The fraction of sp³-hybridized carbons (Fsp3) is 0.481. The predicted octanol–water partition coefficient (Wildman–Crippen LogP) is 3.62. The lowest BCUT2D eigenvalue weighted by atomic mass is 9.88. The molecule has 40 heavy (non-hydrogen) atoms. The molecule has 0 saturated carbocycles. The summed E-state index contributed by atoms with van der Waals surface area (Å²) in [7, 11) is 1.29. The van der Waals surface area contributed by atoms with Crippen LogP contribution in [0.15, 0.2) is 46.0 Å². The number of rotatable bonds is 9. The molecule has 1 fully saturated rings. The van der Waals surface area contributed by atoms with Crippen molar-refractivity contribution in [1.82, 2.24) is 15.2 Å². The minimum absolute atomic E-state index is 0.133. The van der Waals surface area contributed by atoms with Crippen LogP contribution in [0.1, 0.15) is 43.8 Å². The van der Waals surface area contributed by atoms with Crippen LogP contribution in [0.25, 0.3) is 0 Å². The molecule has 0 aliphatic carbocycles. The molecular formula is C27H33ClFN5O5S. The van der Waals surface area contributed by atoms with E-state index in [9.17, 15) is 14.0 Å². The van der Waals surface area contributed by atoms with Crippen molar-refractivity contribution < 1.29 is 28.3 Å². The highest BCUT2D eigenvalue weighted by molar-refractivity contribution is 7.11. The number of carbonyl (C=O) groups is 2. The van der Waals surface area contributed by atoms with Crippen molar-refractivity contribution in [3.63, 3.8) is 0 Å². The zero-order valence-electron chi connectivity index (χ0n) is 22.7. The molecule has 2 aliphatic heterocycles. The second-order valence-corrected chi connectivity index (χ2v) is 11.4. The molecule has 0 spiro atoms. The van der Waals surface area contributed by atoms with E-state index >= 15 is 0 Å². The Bertz CT molecular complexity index is 1290. The van der Waals surface area contributed by atoms with E-state index in [1.165, 1.54) is 36.6 Å². The van der Waals surface area contributed by atoms with Gasteiger partial charge in [-0.25, -0.2) is 14.2 Å². The van der Waals surface area contributed by atoms with Crippen molar-refractivity contribution >= 4 is 40.7 Å². The van der Waals surface area contributed by atoms with E-state index < -0.39 is 29.7 Å². The van der Waals surface area contributed by atoms with Crippen LogP contribution < -0.4 is 11.2 Å². The highest BCUT2D eigenvalue weighted by Gasteiger charge is 2.40. The number of nitrogens with zero attached hydrogens (tertiary/aromatic N) is 3. The maximum atomic E-state index is 13.9. The zero-order chi connectivity index (χ0) is 29.0. The van der Waals surface area contributed by atoms with Gasteiger partial charge >= 0.3 is 11.9 Å². The molecule has 4 rings (SSSR count). The second-order valence-electron chi connectivity index (χ2n) is 10.1. The normalized spacial score (nSPS) is 22.5. The zero-order valence-corrected chi connectivity index (χ0v) is 24.3. The number of hydrogen-bond donors (Lipinski definition) is 2. The molecule has 4 atom stereocenters. The number of methoxy groups -OCH3 is 1. The predicted molar refractivity (Wildman–Crippen MR) is 149 cm³/mol. The second kappa shape index (κ2) is 13.2. The number of hydrogen-bond acceptors (Lipinski definition) is 11. The topological polar surface area (TPSA) is 128 Å². The summed E-state index contributed by atoms with van der Waals surface area (Å²) in [6.07, 6.45) is 1.91. The van der Waals surface area contributed by atoms with Crippen molar-refractivity contribution in [1.29, 1.82) is 0 Å². The summed E-state index contributed by atoms with van der Waals surface area (Å²) in [5.74, 6) is 3.68. The standard InChI is InChI=1S/C27H33ClFN5O5S/c1-14(2)23-20(11-15(3)26(35)39-30)34(8-9-38-23)13-19-21(27(36)37-4)22(17-6-5-16(29)12-18(17)28)33-24(32-19)25-31-7-10-40-25/h5-7,10,12,14-15,20,22-23H,8-9,11,13,30H2,1-4H3,(H,32,33)/t15?,20-,22+,23-/m1/s1. The quantitative estimate of drug-likeness (QED) is 0.331. The Hall–Kier alpha value is -2.90. The van der Waals surface area contributed by atoms with Gasteiger partial charge in [-0.2, -0.15) is 5.90 Å². The van der Waals surface area contributed by atoms with Gasteiger partial charge in [-0.05, 0) is 24.5 Å². The monoisotopic (exact) mass is 593 g/mol. The number of nitrogens with one attached hydrogen (secondary N) is 1. The highest BCUT2D eigenvalue weighted by Crippen LogP contribution is 2.37. The lowest BCUT2D eigenvalue weighted by molar-refractivity contribution is -0.151. The number of benzene rings is 1. The average Bonchev–Trinajstić information content (AvgIpc) is 3.48. The van der Waals surface area contributed by atoms with Crippen LogP contribution in [0.5, 0.6) is 0 Å². The van der Waals surface area contributed by atoms with Gasteiger partial charge < -0.3 is 19.6 Å². The van der Waals surface area contributed by atoms with E-state index in [2.05, 4.69) is 33.9 Å². The summed E-state index contributed by atoms with van der Waals surface area (Å²) in [5.41, 5.74) is 1.24. The Kier molecular flexibility index (Phi) is 9.90. The number of aromatic nitrogens is 1. The van der Waals surface area contributed by atoms with E-state index in [1.807, 2.05) is 5.38 Å². The molecule has 2 aromatic rings. The molecule has 13 heteroatoms. The molecule has 1 unspecified atom stereocenters. The van der Waals surface area contributed by atoms with Gasteiger partial charge in [0.05, 0.1) is 31.3 Å². The Balaban J connectivity index is 1.80. The van der Waals surface area contributed by atoms with Crippen molar-refractivity contribution in [2.24, 2.45) is 22.7 Å². The summed E-state index contributed by atoms with van der Waals surface area (Å²) < 4.78 is 25.3. The molecule has 1 saturated heterocycles. The summed E-state index contributed by atoms with van der Waals surface area (Å²) >= 11 is 7.85. The molecule has 3 N–H and O–H groups in total. The van der Waals surface area contributed by atoms with Crippen LogP contribution in [-0.2, 0) is 23.9 Å². The van der Waals surface area contributed by atoms with Gasteiger partial charge in [0, 0.05) is 47.0 Å². The number of aliphatic imine (C=N–C) groups is 1. The van der Waals surface area contributed by atoms with E-state index in [0.29, 0.717) is 41.7 Å². The maximum Gasteiger partial charge on any atom is 0.338 e. The van der Waals surface area contributed by atoms with Gasteiger partial charge in [0.25, 0.3) is 0 Å². The number of nitrogens with two attached hydrogens (primary N) is 1. The number of halogens is 2. The third-order valence-electron chi connectivity index (χ3n) is 7.09. The van der Waals surface area contributed by atoms with E-state index in [1.54, 1.807) is 13.1 Å². The first-order chi connectivity index (χ1) is 19.1. The molecule has 10 nitrogen and oxygen atoms in total. The number of morpholine rings is 1. The number of carbonyl (C=O) groups excluding carboxylic acids is 2. The molecule has 0 bridgehead atoms. The molecular weight excluding hydrogens is 561 g/mol. The summed E-state index contributed by atoms with van der Waals surface area (Å²) in [6.45, 7) is 7.18. The third-order valence-corrected chi connectivity index (χ3v) is 8.20. The fourth-order valence-corrected chi connectivity index (χ4v) is 6.01. The number of thiazole rings is 1. The van der Waals surface area contributed by atoms with Crippen molar-refractivity contribution in [2.45, 2.75) is 45.4 Å². The maximum absolute atomic E-state index is 13.9. The average molecular weight is 594 g/mol. The fourth-order valence-electron chi connectivity index (χ4n) is 5.15. The summed E-state index contributed by atoms with van der Waals surface area (Å²) in [4.78, 5) is 41.4. The Morgan fingerprint density at radius 2 is 2.12 bits per heavy atom. The van der Waals surface area contributed by atoms with Crippen LogP contribution in [0.4, 0.5) is 4.39 Å². The van der Waals surface area contributed by atoms with Crippen molar-refractivity contribution in [2.75, 3.05) is 26.8 Å². The van der Waals surface area contributed by atoms with Gasteiger partial charge in [-0.1, -0.05) is 38.4 Å². The minimum atomic E-state index is -0.873. The van der Waals surface area contributed by atoms with E-state index in [4.69, 9.17) is 32.0 Å². The van der Waals surface area contributed by atoms with Crippen LogP contribution >= 0.6 is 22.9 Å². The lowest BCUT2D eigenvalue weighted by Crippen LogP contribution is -2.55. The van der Waals surface area contributed by atoms with Gasteiger partial charge in [0.1, 0.15) is 11.9 Å². The molecule has 3 heterocycles. The number of esters is 1. The van der Waals surface area contributed by atoms with E-state index in [-0.39, 0.29) is 35.2 Å². The van der Waals surface area contributed by atoms with Crippen LogP contribution in [-0.4, -0.2) is 66.6 Å². The molecule has 2 aliphatic rings. The van der Waals surface area contributed by atoms with Gasteiger partial charge in [0.15, 0.2) is 10.8 Å². The first-order valence-corrected chi connectivity index (χ1v) is 14.2. The third kappa shape index (κ3) is 6.52. The first kappa shape index (κ1) is 30.1. The number of amidine groups is 1. The van der Waals surface area contributed by atoms with Crippen LogP contribution in [0, 0.1) is 17.7 Å². The van der Waals surface area contributed by atoms with Crippen molar-refractivity contribution in [3.8, 4) is 0 Å². The van der Waals surface area contributed by atoms with Crippen LogP contribution in [0.3, 0.4) is 0 Å². The minimum Gasteiger partial charge on any atom is -0.466 e. The Labute approximate surface area is 241 Å². The largest absolute Gasteiger partial charge is 0.466 e. The van der Waals surface area contributed by atoms with Crippen LogP contribution in [0.2, 0.25) is 5.02 Å². The van der Waals surface area contributed by atoms with Gasteiger partial charge in [-0.15, -0.1) is 11.3 Å². The number of ether oxygens (including phenoxy) is 2. The molecule has 216 valence electrons. The van der Waals surface area contributed by atoms with Crippen molar-refractivity contribution in [3.05, 3.63) is 62.5 Å². The van der Waals surface area contributed by atoms with Gasteiger partial charge in [0.2, 0.25) is 0 Å². The molecule has 0 radical (unpaired) electrons. The molecule has 1 aromatic heterocycles. The first-order valence-electron chi connectivity index (χ1n) is 12.9. The molecule has 0 amide bonds. The SMILES string of the molecule is COC(=O)C1=C(CN2CCO[C@H](C(C)C)[C@H]2CC(C)C(=O)ON)NC(c2nccs2)=N[C@H]1c1ccc(F)cc1Cl. The van der Waals surface area contributed by atoms with E-state index in [0.717, 1.165) is 0 Å². The lowest BCUT2D eigenvalue weighted by Gasteiger charge is -2.44. The smallest absolute Gasteiger partial charge is 0.338 e. The summed E-state index contributed by atoms with van der Waals surface area (Å²) in [5, 5.41) is 5.88. The Morgan fingerprint density at radius 3 is 2.75 bits per heavy atom. The van der Waals surface area contributed by atoms with Gasteiger partial charge in [-0.3, -0.25) is 14.7 Å². The highest BCUT2D eigenvalue weighted by atomic mass is 35.5. The Morgan fingerprint density at radius 1 is 1.35 bits per heavy atom. The summed E-state index contributed by atoms with van der Waals surface area (Å²) in [6, 6.07) is 2.92.